The van der Waals surface area contributed by atoms with Gasteiger partial charge >= 0.3 is 0 Å². The van der Waals surface area contributed by atoms with E-state index in [1.54, 1.807) is 0 Å². The van der Waals surface area contributed by atoms with Crippen molar-refractivity contribution in [3.8, 4) is 5.75 Å². The molecule has 0 unspecified atom stereocenters. The number of carbonyl (C=O) groups excluding carboxylic acids is 1. The molecule has 86 valence electrons. The molecule has 1 aromatic rings. The number of carbonyl (C=O) groups is 1. The molecule has 1 aromatic carbocycles. The molecule has 7 heteroatoms. The maximum atomic E-state index is 11.4. The number of benzene rings is 1. The van der Waals surface area contributed by atoms with Crippen LogP contribution in [-0.4, -0.2) is 23.7 Å². The number of halogens is 2. The number of nitro benzene ring substituents is 1. The standard InChI is InChI=1S/C9H7ClINO4/c1-16-9-3-6(11)7(12(14)15)2-5(9)8(13)4-10/h2-3H,4H2,1H3. The molecule has 0 aliphatic carbocycles. The van der Waals surface area contributed by atoms with Crippen molar-refractivity contribution in [2.75, 3.05) is 13.0 Å². The fourth-order valence-corrected chi connectivity index (χ4v) is 1.92. The van der Waals surface area contributed by atoms with E-state index in [0.717, 1.165) is 0 Å². The Kier molecular flexibility index (Phi) is 4.48. The van der Waals surface area contributed by atoms with Crippen LogP contribution in [0.4, 0.5) is 5.69 Å². The highest BCUT2D eigenvalue weighted by atomic mass is 127. The summed E-state index contributed by atoms with van der Waals surface area (Å²) in [4.78, 5) is 21.6. The summed E-state index contributed by atoms with van der Waals surface area (Å²) in [7, 11) is 1.39. The Labute approximate surface area is 110 Å². The molecule has 0 aromatic heterocycles. The SMILES string of the molecule is COc1cc(I)c([N+](=O)[O-])cc1C(=O)CCl. The van der Waals surface area contributed by atoms with E-state index in [1.165, 1.54) is 19.2 Å². The van der Waals surface area contributed by atoms with Gasteiger partial charge in [-0.05, 0) is 22.6 Å². The topological polar surface area (TPSA) is 69.4 Å². The number of Topliss-reactive ketones (excluding diaryl/α,β-unsaturated/α-hetero) is 1. The molecule has 0 spiro atoms. The van der Waals surface area contributed by atoms with E-state index in [0.29, 0.717) is 9.32 Å². The van der Waals surface area contributed by atoms with Crippen LogP contribution in [0.3, 0.4) is 0 Å². The fourth-order valence-electron chi connectivity index (χ4n) is 1.14. The maximum Gasteiger partial charge on any atom is 0.283 e. The first-order valence-electron chi connectivity index (χ1n) is 4.12. The Morgan fingerprint density at radius 2 is 2.25 bits per heavy atom. The highest BCUT2D eigenvalue weighted by Crippen LogP contribution is 2.30. The summed E-state index contributed by atoms with van der Waals surface area (Å²) in [5.41, 5.74) is -0.000479. The van der Waals surface area contributed by atoms with E-state index in [4.69, 9.17) is 16.3 Å². The summed E-state index contributed by atoms with van der Waals surface area (Å²) in [5, 5.41) is 10.7. The third-order valence-electron chi connectivity index (χ3n) is 1.89. The van der Waals surface area contributed by atoms with E-state index in [1.807, 2.05) is 22.6 Å². The van der Waals surface area contributed by atoms with Crippen molar-refractivity contribution in [3.05, 3.63) is 31.4 Å². The van der Waals surface area contributed by atoms with Crippen LogP contribution in [-0.2, 0) is 0 Å². The quantitative estimate of drug-likeness (QED) is 0.274. The zero-order valence-corrected chi connectivity index (χ0v) is 11.1. The molecule has 0 bridgehead atoms. The Hall–Kier alpha value is -0.890. The van der Waals surface area contributed by atoms with Gasteiger partial charge in [0.1, 0.15) is 5.75 Å². The number of hydrogen-bond acceptors (Lipinski definition) is 4. The minimum atomic E-state index is -0.549. The van der Waals surface area contributed by atoms with Gasteiger partial charge in [-0.2, -0.15) is 0 Å². The zero-order valence-electron chi connectivity index (χ0n) is 8.20. The van der Waals surface area contributed by atoms with Gasteiger partial charge < -0.3 is 4.74 Å². The summed E-state index contributed by atoms with van der Waals surface area (Å²) in [6.07, 6.45) is 0. The molecule has 0 fully saturated rings. The predicted molar refractivity (Wildman–Crippen MR) is 67.4 cm³/mol. The minimum absolute atomic E-state index is 0.129. The molecule has 0 aliphatic rings. The summed E-state index contributed by atoms with van der Waals surface area (Å²) in [5.74, 6) is -0.354. The monoisotopic (exact) mass is 355 g/mol. The second kappa shape index (κ2) is 5.44. The van der Waals surface area contributed by atoms with Crippen LogP contribution >= 0.6 is 34.2 Å². The average Bonchev–Trinajstić information content (AvgIpc) is 2.27. The molecule has 5 nitrogen and oxygen atoms in total. The van der Waals surface area contributed by atoms with E-state index < -0.39 is 10.7 Å². The maximum absolute atomic E-state index is 11.4. The highest BCUT2D eigenvalue weighted by Gasteiger charge is 2.20. The van der Waals surface area contributed by atoms with E-state index >= 15 is 0 Å². The van der Waals surface area contributed by atoms with E-state index in [-0.39, 0.29) is 17.1 Å². The van der Waals surface area contributed by atoms with Gasteiger partial charge in [-0.1, -0.05) is 0 Å². The molecule has 0 radical (unpaired) electrons. The molecular weight excluding hydrogens is 348 g/mol. The molecular formula is C9H7ClINO4. The van der Waals surface area contributed by atoms with Gasteiger partial charge in [-0.25, -0.2) is 0 Å². The molecule has 1 rings (SSSR count). The number of rotatable bonds is 4. The number of nitro groups is 1. The second-order valence-electron chi connectivity index (χ2n) is 2.82. The van der Waals surface area contributed by atoms with Gasteiger partial charge in [0.25, 0.3) is 5.69 Å². The van der Waals surface area contributed by atoms with Gasteiger partial charge in [0.15, 0.2) is 5.78 Å². The second-order valence-corrected chi connectivity index (χ2v) is 4.25. The zero-order chi connectivity index (χ0) is 12.3. The molecule has 0 N–H and O–H groups in total. The van der Waals surface area contributed by atoms with Crippen molar-refractivity contribution in [1.82, 2.24) is 0 Å². The van der Waals surface area contributed by atoms with Crippen LogP contribution < -0.4 is 4.74 Å². The Bertz CT molecular complexity index is 449. The van der Waals surface area contributed by atoms with Crippen LogP contribution in [0.25, 0.3) is 0 Å². The Morgan fingerprint density at radius 3 is 2.69 bits per heavy atom. The van der Waals surface area contributed by atoms with Crippen molar-refractivity contribution >= 4 is 45.7 Å². The first-order chi connectivity index (χ1) is 7.51. The van der Waals surface area contributed by atoms with Crippen LogP contribution in [0.15, 0.2) is 12.1 Å². The van der Waals surface area contributed by atoms with Crippen LogP contribution in [0.2, 0.25) is 0 Å². The summed E-state index contributed by atoms with van der Waals surface area (Å²) in [6.45, 7) is 0. The average molecular weight is 356 g/mol. The molecule has 0 atom stereocenters. The molecule has 0 saturated carbocycles. The third-order valence-corrected chi connectivity index (χ3v) is 2.99. The molecule has 0 amide bonds. The van der Waals surface area contributed by atoms with Gasteiger partial charge in [-0.3, -0.25) is 14.9 Å². The first-order valence-corrected chi connectivity index (χ1v) is 5.73. The van der Waals surface area contributed by atoms with Crippen LogP contribution in [0.1, 0.15) is 10.4 Å². The van der Waals surface area contributed by atoms with Gasteiger partial charge in [0.2, 0.25) is 0 Å². The molecule has 0 heterocycles. The Morgan fingerprint density at radius 1 is 1.62 bits per heavy atom. The Balaban J connectivity index is 3.40. The van der Waals surface area contributed by atoms with Crippen molar-refractivity contribution < 1.29 is 14.5 Å². The number of hydrogen-bond donors (Lipinski definition) is 0. The summed E-state index contributed by atoms with van der Waals surface area (Å²) < 4.78 is 5.38. The predicted octanol–water partition coefficient (Wildman–Crippen LogP) is 2.63. The van der Waals surface area contributed by atoms with Gasteiger partial charge in [0.05, 0.1) is 27.0 Å². The lowest BCUT2D eigenvalue weighted by Gasteiger charge is -2.07. The number of ether oxygens (including phenoxy) is 1. The summed E-state index contributed by atoms with van der Waals surface area (Å²) in [6, 6.07) is 2.63. The van der Waals surface area contributed by atoms with Crippen molar-refractivity contribution in [3.63, 3.8) is 0 Å². The number of ketones is 1. The largest absolute Gasteiger partial charge is 0.496 e. The lowest BCUT2D eigenvalue weighted by molar-refractivity contribution is -0.385. The van der Waals surface area contributed by atoms with Crippen molar-refractivity contribution in [2.45, 2.75) is 0 Å². The van der Waals surface area contributed by atoms with Gasteiger partial charge in [0, 0.05) is 12.1 Å². The van der Waals surface area contributed by atoms with Crippen molar-refractivity contribution in [1.29, 1.82) is 0 Å². The lowest BCUT2D eigenvalue weighted by atomic mass is 10.1. The molecule has 16 heavy (non-hydrogen) atoms. The number of alkyl halides is 1. The minimum Gasteiger partial charge on any atom is -0.496 e. The van der Waals surface area contributed by atoms with Crippen molar-refractivity contribution in [2.24, 2.45) is 0 Å². The number of methoxy groups -OCH3 is 1. The van der Waals surface area contributed by atoms with E-state index in [9.17, 15) is 14.9 Å². The number of nitrogens with zero attached hydrogens (tertiary/aromatic N) is 1. The lowest BCUT2D eigenvalue weighted by Crippen LogP contribution is -2.05. The first kappa shape index (κ1) is 13.2. The molecule has 0 saturated heterocycles. The van der Waals surface area contributed by atoms with Gasteiger partial charge in [-0.15, -0.1) is 11.6 Å². The highest BCUT2D eigenvalue weighted by molar-refractivity contribution is 14.1. The van der Waals surface area contributed by atoms with Crippen LogP contribution in [0, 0.1) is 13.7 Å². The van der Waals surface area contributed by atoms with Crippen LogP contribution in [0.5, 0.6) is 5.75 Å². The molecule has 0 aliphatic heterocycles. The summed E-state index contributed by atoms with van der Waals surface area (Å²) >= 11 is 7.22. The fraction of sp³-hybridized carbons (Fsp3) is 0.222. The normalized spacial score (nSPS) is 9.94. The smallest absolute Gasteiger partial charge is 0.283 e. The van der Waals surface area contributed by atoms with E-state index in [2.05, 4.69) is 0 Å². The third kappa shape index (κ3) is 2.62.